The Bertz CT molecular complexity index is 1530. The normalized spacial score (nSPS) is 13.4. The van der Waals surface area contributed by atoms with Gasteiger partial charge in [0.15, 0.2) is 0 Å². The van der Waals surface area contributed by atoms with Crippen LogP contribution in [0.3, 0.4) is 0 Å². The molecule has 1 aliphatic rings. The number of halogens is 1. The minimum Gasteiger partial charge on any atom is -0.382 e. The molecule has 0 aliphatic carbocycles. The van der Waals surface area contributed by atoms with Crippen LogP contribution in [0.5, 0.6) is 0 Å². The zero-order valence-electron chi connectivity index (χ0n) is 20.7. The van der Waals surface area contributed by atoms with Crippen molar-refractivity contribution in [1.82, 2.24) is 19.9 Å². The predicted molar refractivity (Wildman–Crippen MR) is 146 cm³/mol. The van der Waals surface area contributed by atoms with E-state index in [1.165, 1.54) is 18.5 Å². The van der Waals surface area contributed by atoms with Crippen LogP contribution in [0.15, 0.2) is 54.9 Å². The average molecular weight is 532 g/mol. The maximum atomic E-state index is 14.1. The summed E-state index contributed by atoms with van der Waals surface area (Å²) in [7, 11) is -0.878. The Kier molecular flexibility index (Phi) is 8.23. The minimum absolute atomic E-state index is 0.120. The Morgan fingerprint density at radius 2 is 1.76 bits per heavy atom. The van der Waals surface area contributed by atoms with Crippen LogP contribution in [0.2, 0.25) is 0 Å². The van der Waals surface area contributed by atoms with E-state index >= 15 is 0 Å². The first-order chi connectivity index (χ1) is 18.3. The number of pyridine rings is 1. The number of hydrogen-bond donors (Lipinski definition) is 2. The fourth-order valence-electron chi connectivity index (χ4n) is 4.21. The van der Waals surface area contributed by atoms with Gasteiger partial charge in [-0.1, -0.05) is 37.3 Å². The van der Waals surface area contributed by atoms with Gasteiger partial charge in [0.2, 0.25) is 0 Å². The SMILES string of the molecule is CCc1nc2ccc(F)cc2c(C(=O)N2CCS(=O)CC2)c1-c1ccccc1.N#Cc1c(N)ncnc1N. The highest BCUT2D eigenvalue weighted by Gasteiger charge is 2.27. The molecule has 9 nitrogen and oxygen atoms in total. The van der Waals surface area contributed by atoms with Crippen molar-refractivity contribution in [3.63, 3.8) is 0 Å². The van der Waals surface area contributed by atoms with Crippen LogP contribution in [0, 0.1) is 17.1 Å². The molecule has 1 saturated heterocycles. The highest BCUT2D eigenvalue weighted by atomic mass is 32.2. The number of nitrogens with two attached hydrogens (primary N) is 2. The summed E-state index contributed by atoms with van der Waals surface area (Å²) >= 11 is 0. The molecule has 1 amide bonds. The van der Waals surface area contributed by atoms with Crippen molar-refractivity contribution in [2.75, 3.05) is 36.1 Å². The first kappa shape index (κ1) is 26.6. The molecule has 1 aliphatic heterocycles. The van der Waals surface area contributed by atoms with Gasteiger partial charge < -0.3 is 16.4 Å². The number of amides is 1. The first-order valence-corrected chi connectivity index (χ1v) is 13.4. The monoisotopic (exact) mass is 531 g/mol. The van der Waals surface area contributed by atoms with Crippen molar-refractivity contribution < 1.29 is 13.4 Å². The molecule has 1 fully saturated rings. The van der Waals surface area contributed by atoms with Crippen LogP contribution in [0.25, 0.3) is 22.0 Å². The molecule has 0 spiro atoms. The number of rotatable bonds is 3. The molecule has 4 aromatic rings. The Balaban J connectivity index is 0.000000283. The van der Waals surface area contributed by atoms with Gasteiger partial charge in [-0.05, 0) is 30.2 Å². The number of nitrogens with zero attached hydrogens (tertiary/aromatic N) is 5. The molecule has 0 radical (unpaired) electrons. The number of aryl methyl sites for hydroxylation is 1. The molecule has 194 valence electrons. The third kappa shape index (κ3) is 5.60. The van der Waals surface area contributed by atoms with Gasteiger partial charge in [-0.15, -0.1) is 0 Å². The molecule has 0 unspecified atom stereocenters. The fraction of sp³-hybridized carbons (Fsp3) is 0.222. The van der Waals surface area contributed by atoms with Crippen molar-refractivity contribution >= 4 is 39.2 Å². The quantitative estimate of drug-likeness (QED) is 0.408. The van der Waals surface area contributed by atoms with Crippen molar-refractivity contribution in [2.24, 2.45) is 0 Å². The second-order valence-electron chi connectivity index (χ2n) is 8.46. The van der Waals surface area contributed by atoms with Crippen molar-refractivity contribution in [3.05, 3.63) is 77.5 Å². The average Bonchev–Trinajstić information content (AvgIpc) is 2.93. The van der Waals surface area contributed by atoms with E-state index in [0.717, 1.165) is 16.8 Å². The zero-order chi connectivity index (χ0) is 27.2. The molecule has 5 rings (SSSR count). The van der Waals surface area contributed by atoms with Gasteiger partial charge in [0, 0.05) is 52.0 Å². The van der Waals surface area contributed by atoms with Gasteiger partial charge in [0.05, 0.1) is 11.1 Å². The lowest BCUT2D eigenvalue weighted by atomic mass is 9.92. The van der Waals surface area contributed by atoms with E-state index < -0.39 is 16.6 Å². The highest BCUT2D eigenvalue weighted by molar-refractivity contribution is 7.85. The second-order valence-corrected chi connectivity index (χ2v) is 10.2. The van der Waals surface area contributed by atoms with E-state index in [0.29, 0.717) is 47.5 Å². The number of nitriles is 1. The number of anilines is 2. The standard InChI is InChI=1S/C22H21FN2O2S.C5H5N5/c1-2-18-20(15-6-4-3-5-7-15)21(17-14-16(23)8-9-19(17)24-18)22(26)25-10-12-28(27)13-11-25;6-1-3-4(7)9-2-10-5(3)8/h3-9,14H,2,10-13H2,1H3;2H,(H4,7,8,9,10). The summed E-state index contributed by atoms with van der Waals surface area (Å²) in [5, 5.41) is 8.93. The Morgan fingerprint density at radius 3 is 2.34 bits per heavy atom. The summed E-state index contributed by atoms with van der Waals surface area (Å²) in [5.41, 5.74) is 14.3. The van der Waals surface area contributed by atoms with Gasteiger partial charge in [0.1, 0.15) is 35.4 Å². The fourth-order valence-corrected chi connectivity index (χ4v) is 5.26. The lowest BCUT2D eigenvalue weighted by Gasteiger charge is -2.28. The summed E-state index contributed by atoms with van der Waals surface area (Å²) in [6.45, 7) is 2.89. The topological polar surface area (TPSA) is 152 Å². The second kappa shape index (κ2) is 11.7. The predicted octanol–water partition coefficient (Wildman–Crippen LogP) is 3.32. The molecule has 0 bridgehead atoms. The number of carbonyl (C=O) groups is 1. The lowest BCUT2D eigenvalue weighted by Crippen LogP contribution is -2.42. The molecular weight excluding hydrogens is 505 g/mol. The molecule has 3 heterocycles. The largest absolute Gasteiger partial charge is 0.382 e. The lowest BCUT2D eigenvalue weighted by molar-refractivity contribution is 0.0774. The van der Waals surface area contributed by atoms with E-state index in [4.69, 9.17) is 21.7 Å². The van der Waals surface area contributed by atoms with Gasteiger partial charge in [-0.25, -0.2) is 14.4 Å². The Morgan fingerprint density at radius 1 is 1.11 bits per heavy atom. The number of carbonyl (C=O) groups excluding carboxylic acids is 1. The van der Waals surface area contributed by atoms with E-state index in [2.05, 4.69) is 9.97 Å². The Hall–Kier alpha value is -4.43. The molecule has 2 aromatic carbocycles. The maximum absolute atomic E-state index is 14.1. The van der Waals surface area contributed by atoms with E-state index in [-0.39, 0.29) is 23.1 Å². The summed E-state index contributed by atoms with van der Waals surface area (Å²) < 4.78 is 25.8. The van der Waals surface area contributed by atoms with Gasteiger partial charge in [-0.2, -0.15) is 5.26 Å². The number of nitrogen functional groups attached to an aromatic ring is 2. The summed E-state index contributed by atoms with van der Waals surface area (Å²) in [5.74, 6) is 0.647. The Labute approximate surface area is 221 Å². The molecule has 4 N–H and O–H groups in total. The highest BCUT2D eigenvalue weighted by Crippen LogP contribution is 2.34. The number of fused-ring (bicyclic) bond motifs is 1. The first-order valence-electron chi connectivity index (χ1n) is 11.9. The third-order valence-corrected chi connectivity index (χ3v) is 7.39. The van der Waals surface area contributed by atoms with E-state index in [9.17, 15) is 13.4 Å². The van der Waals surface area contributed by atoms with Crippen LogP contribution in [0.4, 0.5) is 16.0 Å². The van der Waals surface area contributed by atoms with Gasteiger partial charge in [-0.3, -0.25) is 14.0 Å². The van der Waals surface area contributed by atoms with Crippen molar-refractivity contribution in [1.29, 1.82) is 5.26 Å². The van der Waals surface area contributed by atoms with Crippen LogP contribution in [0.1, 0.15) is 28.5 Å². The van der Waals surface area contributed by atoms with E-state index in [1.807, 2.05) is 37.3 Å². The smallest absolute Gasteiger partial charge is 0.255 e. The van der Waals surface area contributed by atoms with Crippen LogP contribution in [-0.4, -0.2) is 54.6 Å². The molecule has 11 heteroatoms. The summed E-state index contributed by atoms with van der Waals surface area (Å²) in [6.07, 6.45) is 1.87. The summed E-state index contributed by atoms with van der Waals surface area (Å²) in [6, 6.07) is 15.8. The van der Waals surface area contributed by atoms with Crippen molar-refractivity contribution in [3.8, 4) is 17.2 Å². The van der Waals surface area contributed by atoms with Crippen LogP contribution < -0.4 is 11.5 Å². The number of hydrogen-bond acceptors (Lipinski definition) is 8. The number of benzene rings is 2. The van der Waals surface area contributed by atoms with Crippen molar-refractivity contribution in [2.45, 2.75) is 13.3 Å². The van der Waals surface area contributed by atoms with Crippen LogP contribution in [-0.2, 0) is 17.2 Å². The minimum atomic E-state index is -0.878. The zero-order valence-corrected chi connectivity index (χ0v) is 21.5. The third-order valence-electron chi connectivity index (χ3n) is 6.12. The van der Waals surface area contributed by atoms with Gasteiger partial charge >= 0.3 is 0 Å². The molecular formula is C27H26FN7O2S. The van der Waals surface area contributed by atoms with Crippen LogP contribution >= 0.6 is 0 Å². The molecule has 0 saturated carbocycles. The molecule has 2 aromatic heterocycles. The summed E-state index contributed by atoms with van der Waals surface area (Å²) in [4.78, 5) is 27.2. The maximum Gasteiger partial charge on any atom is 0.255 e. The van der Waals surface area contributed by atoms with Gasteiger partial charge in [0.25, 0.3) is 5.91 Å². The number of aromatic nitrogens is 3. The molecule has 0 atom stereocenters. The molecule has 38 heavy (non-hydrogen) atoms. The van der Waals surface area contributed by atoms with E-state index in [1.54, 1.807) is 17.0 Å².